The van der Waals surface area contributed by atoms with E-state index < -0.39 is 54.4 Å². The number of nitrogens with one attached hydrogen (secondary N) is 1. The molecule has 0 bridgehead atoms. The molecule has 0 aliphatic carbocycles. The Morgan fingerprint density at radius 2 is 1.69 bits per heavy atom. The predicted octanol–water partition coefficient (Wildman–Crippen LogP) is 5.09. The number of hydrogen-bond acceptors (Lipinski definition) is 5. The lowest BCUT2D eigenvalue weighted by molar-refractivity contribution is -0.154. The summed E-state index contributed by atoms with van der Waals surface area (Å²) in [5.41, 5.74) is -1.23. The Bertz CT molecular complexity index is 877. The molecule has 198 valence electrons. The zero-order valence-corrected chi connectivity index (χ0v) is 19.4. The predicted molar refractivity (Wildman–Crippen MR) is 112 cm³/mol. The van der Waals surface area contributed by atoms with E-state index in [1.54, 1.807) is 6.92 Å². The normalized spacial score (nSPS) is 18.7. The number of nitrogens with zero attached hydrogens (tertiary/aromatic N) is 1. The largest absolute Gasteiger partial charge is 0.484 e. The second-order valence-corrected chi connectivity index (χ2v) is 8.03. The van der Waals surface area contributed by atoms with E-state index in [-0.39, 0.29) is 18.9 Å². The minimum Gasteiger partial charge on any atom is -0.484 e. The van der Waals surface area contributed by atoms with Crippen molar-refractivity contribution in [3.05, 3.63) is 23.8 Å². The van der Waals surface area contributed by atoms with E-state index in [2.05, 4.69) is 10.1 Å². The molecule has 1 aliphatic heterocycles. The highest BCUT2D eigenvalue weighted by Gasteiger charge is 2.41. The van der Waals surface area contributed by atoms with Gasteiger partial charge in [0.15, 0.2) is 13.2 Å². The zero-order valence-electron chi connectivity index (χ0n) is 19.4. The number of hydrogen-bond donors (Lipinski definition) is 1. The average Bonchev–Trinajstić information content (AvgIpc) is 2.79. The molecule has 0 saturated carbocycles. The van der Waals surface area contributed by atoms with Crippen LogP contribution < -0.4 is 14.8 Å². The first-order valence-corrected chi connectivity index (χ1v) is 11.1. The number of benzene rings is 1. The molecule has 0 spiro atoms. The number of alkyl halides is 6. The summed E-state index contributed by atoms with van der Waals surface area (Å²) in [6.45, 7) is 0.652. The van der Waals surface area contributed by atoms with Gasteiger partial charge in [0.25, 0.3) is 5.91 Å². The number of amides is 2. The number of halogens is 6. The van der Waals surface area contributed by atoms with Crippen LogP contribution >= 0.6 is 0 Å². The third-order valence-corrected chi connectivity index (χ3v) is 5.56. The average molecular weight is 514 g/mol. The van der Waals surface area contributed by atoms with Gasteiger partial charge in [0.05, 0.1) is 17.7 Å². The molecule has 1 aliphatic rings. The molecule has 1 heterocycles. The molecule has 0 radical (unpaired) electrons. The summed E-state index contributed by atoms with van der Waals surface area (Å²) in [6, 6.07) is 2.80. The summed E-state index contributed by atoms with van der Waals surface area (Å²) < 4.78 is 89.9. The molecular formula is C22H28F6N2O5. The van der Waals surface area contributed by atoms with Gasteiger partial charge in [-0.2, -0.15) is 26.3 Å². The van der Waals surface area contributed by atoms with E-state index in [1.807, 2.05) is 6.92 Å². The van der Waals surface area contributed by atoms with Crippen LogP contribution in [0.1, 0.15) is 49.9 Å². The van der Waals surface area contributed by atoms with Gasteiger partial charge >= 0.3 is 18.4 Å². The zero-order chi connectivity index (χ0) is 26.3. The summed E-state index contributed by atoms with van der Waals surface area (Å²) in [6.07, 6.45) is -7.37. The number of piperidine rings is 1. The smallest absolute Gasteiger partial charge is 0.422 e. The Morgan fingerprint density at radius 1 is 1.03 bits per heavy atom. The van der Waals surface area contributed by atoms with Crippen LogP contribution in [0.3, 0.4) is 0 Å². The van der Waals surface area contributed by atoms with Crippen LogP contribution in [0.4, 0.5) is 31.1 Å². The summed E-state index contributed by atoms with van der Waals surface area (Å²) in [4.78, 5) is 27.0. The fourth-order valence-electron chi connectivity index (χ4n) is 3.83. The number of likely N-dealkylation sites (tertiary alicyclic amines) is 1. The summed E-state index contributed by atoms with van der Waals surface area (Å²) in [7, 11) is 0. The van der Waals surface area contributed by atoms with Crippen molar-refractivity contribution in [1.29, 1.82) is 0 Å². The number of ether oxygens (including phenoxy) is 3. The SMILES string of the molecule is CCOC(=O)N1CCCCC1(CC)CNC(=O)c1cc(OCC(F)(F)F)ccc1OCC(F)(F)F. The van der Waals surface area contributed by atoms with Crippen molar-refractivity contribution in [2.24, 2.45) is 0 Å². The Hall–Kier alpha value is -2.86. The first-order chi connectivity index (χ1) is 16.3. The highest BCUT2D eigenvalue weighted by Crippen LogP contribution is 2.32. The summed E-state index contributed by atoms with van der Waals surface area (Å²) in [5, 5.41) is 2.60. The summed E-state index contributed by atoms with van der Waals surface area (Å²) in [5.74, 6) is -1.74. The maximum absolute atomic E-state index is 13.0. The topological polar surface area (TPSA) is 77.1 Å². The lowest BCUT2D eigenvalue weighted by Crippen LogP contribution is -2.59. The third-order valence-electron chi connectivity index (χ3n) is 5.56. The van der Waals surface area contributed by atoms with Gasteiger partial charge in [-0.1, -0.05) is 6.92 Å². The number of rotatable bonds is 9. The van der Waals surface area contributed by atoms with Crippen LogP contribution in [0.5, 0.6) is 11.5 Å². The van der Waals surface area contributed by atoms with Gasteiger partial charge in [0, 0.05) is 13.1 Å². The molecule has 2 amide bonds. The molecule has 1 N–H and O–H groups in total. The van der Waals surface area contributed by atoms with E-state index in [4.69, 9.17) is 9.47 Å². The Kier molecular flexibility index (Phi) is 9.50. The quantitative estimate of drug-likeness (QED) is 0.465. The van der Waals surface area contributed by atoms with E-state index in [0.717, 1.165) is 31.0 Å². The Morgan fingerprint density at radius 3 is 2.29 bits per heavy atom. The van der Waals surface area contributed by atoms with Gasteiger partial charge in [-0.15, -0.1) is 0 Å². The van der Waals surface area contributed by atoms with Gasteiger partial charge in [0.1, 0.15) is 11.5 Å². The molecule has 1 aromatic rings. The van der Waals surface area contributed by atoms with Crippen molar-refractivity contribution in [2.45, 2.75) is 57.4 Å². The first kappa shape index (κ1) is 28.4. The van der Waals surface area contributed by atoms with Crippen LogP contribution in [0.2, 0.25) is 0 Å². The molecule has 13 heteroatoms. The van der Waals surface area contributed by atoms with Gasteiger partial charge in [-0.25, -0.2) is 4.79 Å². The van der Waals surface area contributed by atoms with E-state index in [1.165, 1.54) is 4.90 Å². The molecular weight excluding hydrogens is 486 g/mol. The van der Waals surface area contributed by atoms with Crippen LogP contribution in [-0.4, -0.2) is 67.7 Å². The maximum atomic E-state index is 13.0. The van der Waals surface area contributed by atoms with Gasteiger partial charge < -0.3 is 24.4 Å². The lowest BCUT2D eigenvalue weighted by atomic mass is 9.84. The molecule has 2 rings (SSSR count). The number of carbonyl (C=O) groups excluding carboxylic acids is 2. The van der Waals surface area contributed by atoms with Gasteiger partial charge in [-0.3, -0.25) is 4.79 Å². The highest BCUT2D eigenvalue weighted by atomic mass is 19.4. The van der Waals surface area contributed by atoms with Crippen molar-refractivity contribution in [3.63, 3.8) is 0 Å². The molecule has 1 atom stereocenters. The van der Waals surface area contributed by atoms with Crippen LogP contribution in [-0.2, 0) is 4.74 Å². The molecule has 1 saturated heterocycles. The van der Waals surface area contributed by atoms with Crippen LogP contribution in [0.15, 0.2) is 18.2 Å². The molecule has 35 heavy (non-hydrogen) atoms. The molecule has 0 aromatic heterocycles. The van der Waals surface area contributed by atoms with Crippen molar-refractivity contribution in [2.75, 3.05) is 32.9 Å². The van der Waals surface area contributed by atoms with E-state index >= 15 is 0 Å². The van der Waals surface area contributed by atoms with E-state index in [0.29, 0.717) is 19.4 Å². The monoisotopic (exact) mass is 514 g/mol. The van der Waals surface area contributed by atoms with Crippen molar-refractivity contribution < 1.29 is 50.1 Å². The fraction of sp³-hybridized carbons (Fsp3) is 0.636. The minimum atomic E-state index is -4.70. The molecule has 1 fully saturated rings. The third kappa shape index (κ3) is 8.39. The Labute approximate surface area is 198 Å². The Balaban J connectivity index is 2.26. The maximum Gasteiger partial charge on any atom is 0.422 e. The highest BCUT2D eigenvalue weighted by molar-refractivity contribution is 5.97. The van der Waals surface area contributed by atoms with Crippen LogP contribution in [0, 0.1) is 0 Å². The fourth-order valence-corrected chi connectivity index (χ4v) is 3.83. The second-order valence-electron chi connectivity index (χ2n) is 8.03. The lowest BCUT2D eigenvalue weighted by Gasteiger charge is -2.46. The molecule has 1 aromatic carbocycles. The molecule has 7 nitrogen and oxygen atoms in total. The van der Waals surface area contributed by atoms with Crippen LogP contribution in [0.25, 0.3) is 0 Å². The van der Waals surface area contributed by atoms with Gasteiger partial charge in [0.2, 0.25) is 0 Å². The minimum absolute atomic E-state index is 0.0481. The first-order valence-electron chi connectivity index (χ1n) is 11.1. The van der Waals surface area contributed by atoms with E-state index in [9.17, 15) is 35.9 Å². The van der Waals surface area contributed by atoms with Gasteiger partial charge in [-0.05, 0) is 50.8 Å². The standard InChI is InChI=1S/C22H28F6N2O5/c1-3-20(9-5-6-10-30(20)19(32)33-4-2)12-29-18(31)16-11-15(34-13-21(23,24)25)7-8-17(16)35-14-22(26,27)28/h7-8,11H,3-6,9-10,12-14H2,1-2H3,(H,29,31). The van der Waals surface area contributed by atoms with Crippen molar-refractivity contribution in [1.82, 2.24) is 10.2 Å². The van der Waals surface area contributed by atoms with Crippen molar-refractivity contribution >= 4 is 12.0 Å². The van der Waals surface area contributed by atoms with Crippen molar-refractivity contribution in [3.8, 4) is 11.5 Å². The summed E-state index contributed by atoms with van der Waals surface area (Å²) >= 11 is 0. The number of carbonyl (C=O) groups is 2. The molecule has 1 unspecified atom stereocenters. The second kappa shape index (κ2) is 11.7.